The number of hydrogen-bond donors (Lipinski definition) is 2. The summed E-state index contributed by atoms with van der Waals surface area (Å²) in [5.74, 6) is 0. The summed E-state index contributed by atoms with van der Waals surface area (Å²) >= 11 is 0. The minimum absolute atomic E-state index is 0.0597. The normalized spacial score (nSPS) is 34.7. The first-order valence-electron chi connectivity index (χ1n) is 5.52. The zero-order chi connectivity index (χ0) is 9.97. The molecule has 0 spiro atoms. The van der Waals surface area contributed by atoms with E-state index in [9.17, 15) is 0 Å². The molecule has 0 aromatic carbocycles. The van der Waals surface area contributed by atoms with Crippen molar-refractivity contribution in [1.82, 2.24) is 4.90 Å². The van der Waals surface area contributed by atoms with E-state index < -0.39 is 0 Å². The summed E-state index contributed by atoms with van der Waals surface area (Å²) in [7, 11) is 0. The molecule has 2 fully saturated rings. The van der Waals surface area contributed by atoms with Gasteiger partial charge in [-0.15, -0.1) is 0 Å². The van der Waals surface area contributed by atoms with Crippen LogP contribution in [0, 0.1) is 0 Å². The molecule has 2 aliphatic rings. The molecule has 0 radical (unpaired) electrons. The standard InChI is InChI=1S/C10H20N2O2/c11-8(7-13)3-4-12-5-9-1-2-10(6-12)14-9/h8-10,13H,1-7,11H2. The smallest absolute Gasteiger partial charge is 0.0707 e. The van der Waals surface area contributed by atoms with Gasteiger partial charge in [0.1, 0.15) is 0 Å². The molecule has 82 valence electrons. The van der Waals surface area contributed by atoms with Crippen LogP contribution in [-0.2, 0) is 4.74 Å². The van der Waals surface area contributed by atoms with Gasteiger partial charge in [0.05, 0.1) is 18.8 Å². The number of ether oxygens (including phenoxy) is 1. The van der Waals surface area contributed by atoms with Gasteiger partial charge in [-0.05, 0) is 25.8 Å². The van der Waals surface area contributed by atoms with E-state index in [4.69, 9.17) is 15.6 Å². The summed E-state index contributed by atoms with van der Waals surface area (Å²) in [5.41, 5.74) is 5.67. The third-order valence-corrected chi connectivity index (χ3v) is 3.17. The second-order valence-corrected chi connectivity index (χ2v) is 4.45. The van der Waals surface area contributed by atoms with E-state index in [-0.39, 0.29) is 12.6 Å². The molecule has 2 saturated heterocycles. The van der Waals surface area contributed by atoms with Gasteiger partial charge in [-0.2, -0.15) is 0 Å². The summed E-state index contributed by atoms with van der Waals surface area (Å²) in [6.07, 6.45) is 4.23. The number of nitrogens with two attached hydrogens (primary N) is 1. The van der Waals surface area contributed by atoms with Crippen molar-refractivity contribution in [3.63, 3.8) is 0 Å². The molecule has 3 N–H and O–H groups in total. The third kappa shape index (κ3) is 2.45. The third-order valence-electron chi connectivity index (χ3n) is 3.17. The van der Waals surface area contributed by atoms with Gasteiger partial charge in [-0.1, -0.05) is 0 Å². The summed E-state index contributed by atoms with van der Waals surface area (Å²) < 4.78 is 5.74. The lowest BCUT2D eigenvalue weighted by Gasteiger charge is -2.32. The predicted molar refractivity (Wildman–Crippen MR) is 54.0 cm³/mol. The summed E-state index contributed by atoms with van der Waals surface area (Å²) in [4.78, 5) is 2.42. The van der Waals surface area contributed by atoms with E-state index in [0.717, 1.165) is 26.1 Å². The average Bonchev–Trinajstić information content (AvgIpc) is 2.54. The van der Waals surface area contributed by atoms with Crippen LogP contribution in [-0.4, -0.2) is 54.5 Å². The molecule has 2 bridgehead atoms. The molecule has 4 heteroatoms. The Morgan fingerprint density at radius 3 is 2.57 bits per heavy atom. The van der Waals surface area contributed by atoms with Crippen LogP contribution in [0.15, 0.2) is 0 Å². The zero-order valence-electron chi connectivity index (χ0n) is 8.56. The molecule has 2 aliphatic heterocycles. The molecule has 0 saturated carbocycles. The second kappa shape index (κ2) is 4.57. The van der Waals surface area contributed by atoms with Gasteiger partial charge in [0.2, 0.25) is 0 Å². The molecule has 3 unspecified atom stereocenters. The van der Waals surface area contributed by atoms with Crippen molar-refractivity contribution in [2.24, 2.45) is 5.73 Å². The highest BCUT2D eigenvalue weighted by Gasteiger charge is 2.33. The van der Waals surface area contributed by atoms with E-state index in [1.54, 1.807) is 0 Å². The maximum Gasteiger partial charge on any atom is 0.0707 e. The summed E-state index contributed by atoms with van der Waals surface area (Å²) in [5, 5.41) is 8.81. The molecule has 3 atom stereocenters. The van der Waals surface area contributed by atoms with Crippen molar-refractivity contribution >= 4 is 0 Å². The van der Waals surface area contributed by atoms with Gasteiger partial charge in [0.25, 0.3) is 0 Å². The van der Waals surface area contributed by atoms with Gasteiger partial charge in [-0.25, -0.2) is 0 Å². The number of hydrogen-bond acceptors (Lipinski definition) is 4. The second-order valence-electron chi connectivity index (χ2n) is 4.45. The van der Waals surface area contributed by atoms with Gasteiger partial charge in [0.15, 0.2) is 0 Å². The Morgan fingerprint density at radius 2 is 2.00 bits per heavy atom. The Morgan fingerprint density at radius 1 is 1.36 bits per heavy atom. The van der Waals surface area contributed by atoms with Crippen LogP contribution >= 0.6 is 0 Å². The fraction of sp³-hybridized carbons (Fsp3) is 1.00. The van der Waals surface area contributed by atoms with Crippen LogP contribution < -0.4 is 5.73 Å². The van der Waals surface area contributed by atoms with Crippen LogP contribution in [0.1, 0.15) is 19.3 Å². The van der Waals surface area contributed by atoms with Crippen LogP contribution in [0.5, 0.6) is 0 Å². The highest BCUT2D eigenvalue weighted by atomic mass is 16.5. The highest BCUT2D eigenvalue weighted by molar-refractivity contribution is 4.85. The van der Waals surface area contributed by atoms with E-state index in [1.165, 1.54) is 12.8 Å². The van der Waals surface area contributed by atoms with E-state index in [0.29, 0.717) is 12.2 Å². The van der Waals surface area contributed by atoms with E-state index in [1.807, 2.05) is 0 Å². The van der Waals surface area contributed by atoms with Crippen LogP contribution in [0.3, 0.4) is 0 Å². The molecule has 0 aliphatic carbocycles. The van der Waals surface area contributed by atoms with E-state index in [2.05, 4.69) is 4.90 Å². The first-order chi connectivity index (χ1) is 6.78. The van der Waals surface area contributed by atoms with Crippen LogP contribution in [0.25, 0.3) is 0 Å². The lowest BCUT2D eigenvalue weighted by Crippen LogP contribution is -2.44. The maximum atomic E-state index is 8.81. The van der Waals surface area contributed by atoms with Gasteiger partial charge in [0, 0.05) is 19.1 Å². The Labute approximate surface area is 85.0 Å². The van der Waals surface area contributed by atoms with E-state index >= 15 is 0 Å². The molecule has 0 aromatic heterocycles. The number of morpholine rings is 1. The molecular weight excluding hydrogens is 180 g/mol. The molecule has 2 rings (SSSR count). The number of fused-ring (bicyclic) bond motifs is 2. The zero-order valence-corrected chi connectivity index (χ0v) is 8.56. The quantitative estimate of drug-likeness (QED) is 0.646. The van der Waals surface area contributed by atoms with Gasteiger partial charge in [-0.3, -0.25) is 4.90 Å². The Kier molecular flexibility index (Phi) is 3.38. The first kappa shape index (κ1) is 10.4. The van der Waals surface area contributed by atoms with Crippen molar-refractivity contribution in [1.29, 1.82) is 0 Å². The fourth-order valence-corrected chi connectivity index (χ4v) is 2.32. The topological polar surface area (TPSA) is 58.7 Å². The largest absolute Gasteiger partial charge is 0.395 e. The minimum Gasteiger partial charge on any atom is -0.395 e. The lowest BCUT2D eigenvalue weighted by atomic mass is 10.2. The molecular formula is C10H20N2O2. The first-order valence-corrected chi connectivity index (χ1v) is 5.52. The number of nitrogens with zero attached hydrogens (tertiary/aromatic N) is 1. The van der Waals surface area contributed by atoms with Crippen molar-refractivity contribution in [3.05, 3.63) is 0 Å². The number of aliphatic hydroxyl groups excluding tert-OH is 1. The Hall–Kier alpha value is -0.160. The maximum absolute atomic E-state index is 8.81. The SMILES string of the molecule is NC(CO)CCN1CC2CCC(C1)O2. The van der Waals surface area contributed by atoms with Crippen molar-refractivity contribution in [2.45, 2.75) is 37.5 Å². The molecule has 14 heavy (non-hydrogen) atoms. The molecule has 0 aromatic rings. The molecule has 4 nitrogen and oxygen atoms in total. The average molecular weight is 200 g/mol. The van der Waals surface area contributed by atoms with Crippen LogP contribution in [0.2, 0.25) is 0 Å². The predicted octanol–water partition coefficient (Wildman–Crippen LogP) is -0.441. The minimum atomic E-state index is -0.0597. The van der Waals surface area contributed by atoms with Crippen molar-refractivity contribution in [2.75, 3.05) is 26.2 Å². The highest BCUT2D eigenvalue weighted by Crippen LogP contribution is 2.26. The number of likely N-dealkylation sites (tertiary alicyclic amines) is 1. The van der Waals surface area contributed by atoms with Crippen molar-refractivity contribution in [3.8, 4) is 0 Å². The summed E-state index contributed by atoms with van der Waals surface area (Å²) in [6.45, 7) is 3.19. The van der Waals surface area contributed by atoms with Gasteiger partial charge < -0.3 is 15.6 Å². The number of aliphatic hydroxyl groups is 1. The fourth-order valence-electron chi connectivity index (χ4n) is 2.32. The Bertz CT molecular complexity index is 177. The molecule has 0 amide bonds. The van der Waals surface area contributed by atoms with Gasteiger partial charge >= 0.3 is 0 Å². The summed E-state index contributed by atoms with van der Waals surface area (Å²) in [6, 6.07) is -0.0597. The number of rotatable bonds is 4. The Balaban J connectivity index is 1.71. The monoisotopic (exact) mass is 200 g/mol. The van der Waals surface area contributed by atoms with Crippen LogP contribution in [0.4, 0.5) is 0 Å². The lowest BCUT2D eigenvalue weighted by molar-refractivity contribution is -0.0391. The molecule has 2 heterocycles. The van der Waals surface area contributed by atoms with Crippen molar-refractivity contribution < 1.29 is 9.84 Å².